The van der Waals surface area contributed by atoms with Gasteiger partial charge in [-0.05, 0) is 28.1 Å². The van der Waals surface area contributed by atoms with Crippen LogP contribution in [0.25, 0.3) is 0 Å². The van der Waals surface area contributed by atoms with Crippen LogP contribution in [0.1, 0.15) is 12.1 Å². The van der Waals surface area contributed by atoms with Crippen LogP contribution in [0.3, 0.4) is 0 Å². The molecule has 0 atom stereocenters. The van der Waals surface area contributed by atoms with Crippen molar-refractivity contribution in [1.29, 1.82) is 0 Å². The molecule has 0 aliphatic carbocycles. The summed E-state index contributed by atoms with van der Waals surface area (Å²) in [5.74, 6) is -0.660. The topological polar surface area (TPSA) is 22.1 Å². The quantitative estimate of drug-likeness (QED) is 0.612. The Hall–Kier alpha value is -0.920. The minimum Gasteiger partial charge on any atom is -0.403 e. The first-order valence-corrected chi connectivity index (χ1v) is 4.29. The molecule has 0 radical (unpaired) electrons. The number of aromatic nitrogens is 1. The molecule has 0 saturated heterocycles. The molecule has 0 fully saturated rings. The average molecular weight is 292 g/mol. The maximum atomic E-state index is 12.1. The minimum atomic E-state index is -4.88. The molecule has 0 aliphatic heterocycles. The summed E-state index contributed by atoms with van der Waals surface area (Å²) in [5, 5.41) is 0. The van der Waals surface area contributed by atoms with Gasteiger partial charge in [-0.15, -0.1) is 13.2 Å². The molecule has 2 nitrogen and oxygen atoms in total. The molecule has 1 heterocycles. The van der Waals surface area contributed by atoms with Crippen molar-refractivity contribution in [2.24, 2.45) is 0 Å². The molecule has 0 N–H and O–H groups in total. The highest BCUT2D eigenvalue weighted by atomic mass is 79.9. The summed E-state index contributed by atoms with van der Waals surface area (Å²) in [6.45, 7) is 0. The lowest BCUT2D eigenvalue weighted by atomic mass is 10.3. The fraction of sp³-hybridized carbons (Fsp3) is 0.286. The van der Waals surface area contributed by atoms with Crippen molar-refractivity contribution in [3.63, 3.8) is 0 Å². The molecule has 84 valence electrons. The van der Waals surface area contributed by atoms with Gasteiger partial charge in [-0.1, -0.05) is 0 Å². The lowest BCUT2D eigenvalue weighted by Gasteiger charge is -2.10. The second-order valence-electron chi connectivity index (χ2n) is 2.37. The number of ether oxygens (including phenoxy) is 1. The fourth-order valence-corrected chi connectivity index (χ4v) is 1.18. The minimum absolute atomic E-state index is 0.419. The first-order chi connectivity index (χ1) is 6.79. The molecule has 0 aromatic carbocycles. The van der Waals surface area contributed by atoms with E-state index in [0.29, 0.717) is 0 Å². The van der Waals surface area contributed by atoms with Gasteiger partial charge in [-0.3, -0.25) is 0 Å². The highest BCUT2D eigenvalue weighted by Crippen LogP contribution is 2.30. The molecular formula is C7H3BrF5NO. The van der Waals surface area contributed by atoms with Crippen molar-refractivity contribution in [3.8, 4) is 5.75 Å². The third-order valence-corrected chi connectivity index (χ3v) is 1.85. The molecule has 0 aliphatic rings. The molecule has 1 aromatic rings. The maximum absolute atomic E-state index is 12.1. The van der Waals surface area contributed by atoms with E-state index in [2.05, 4.69) is 25.7 Å². The van der Waals surface area contributed by atoms with E-state index in [-0.39, 0.29) is 0 Å². The van der Waals surface area contributed by atoms with Gasteiger partial charge in [-0.2, -0.15) is 0 Å². The Bertz CT molecular complexity index is 354. The van der Waals surface area contributed by atoms with E-state index in [1.165, 1.54) is 0 Å². The van der Waals surface area contributed by atoms with Gasteiger partial charge in [0.15, 0.2) is 5.75 Å². The van der Waals surface area contributed by atoms with E-state index in [1.807, 2.05) is 0 Å². The molecule has 8 heteroatoms. The highest BCUT2D eigenvalue weighted by molar-refractivity contribution is 9.10. The second-order valence-corrected chi connectivity index (χ2v) is 3.12. The van der Waals surface area contributed by atoms with Crippen molar-refractivity contribution >= 4 is 15.9 Å². The molecule has 0 spiro atoms. The smallest absolute Gasteiger partial charge is 0.403 e. The third-order valence-electron chi connectivity index (χ3n) is 1.29. The van der Waals surface area contributed by atoms with Crippen LogP contribution in [0.15, 0.2) is 16.7 Å². The SMILES string of the molecule is FC(F)c1ccc(OC(F)(F)F)c(Br)n1. The van der Waals surface area contributed by atoms with E-state index in [4.69, 9.17) is 0 Å². The lowest BCUT2D eigenvalue weighted by molar-refractivity contribution is -0.275. The number of pyridine rings is 1. The van der Waals surface area contributed by atoms with E-state index >= 15 is 0 Å². The van der Waals surface area contributed by atoms with Gasteiger partial charge in [0.05, 0.1) is 0 Å². The summed E-state index contributed by atoms with van der Waals surface area (Å²) >= 11 is 2.60. The number of halogens is 6. The van der Waals surface area contributed by atoms with E-state index in [9.17, 15) is 22.0 Å². The van der Waals surface area contributed by atoms with Gasteiger partial charge in [0.2, 0.25) is 0 Å². The largest absolute Gasteiger partial charge is 0.573 e. The summed E-state index contributed by atoms with van der Waals surface area (Å²) in [6.07, 6.45) is -7.72. The van der Waals surface area contributed by atoms with Crippen LogP contribution in [0.4, 0.5) is 22.0 Å². The normalized spacial score (nSPS) is 11.9. The molecule has 15 heavy (non-hydrogen) atoms. The molecule has 1 aromatic heterocycles. The molecule has 0 bridgehead atoms. The van der Waals surface area contributed by atoms with Crippen molar-refractivity contribution < 1.29 is 26.7 Å². The number of hydrogen-bond acceptors (Lipinski definition) is 2. The predicted octanol–water partition coefficient (Wildman–Crippen LogP) is 3.68. The van der Waals surface area contributed by atoms with Crippen LogP contribution in [-0.4, -0.2) is 11.3 Å². The van der Waals surface area contributed by atoms with Crippen molar-refractivity contribution in [1.82, 2.24) is 4.98 Å². The van der Waals surface area contributed by atoms with Crippen LogP contribution >= 0.6 is 15.9 Å². The Morgan fingerprint density at radius 3 is 2.27 bits per heavy atom. The zero-order valence-corrected chi connectivity index (χ0v) is 8.44. The fourth-order valence-electron chi connectivity index (χ4n) is 0.758. The first kappa shape index (κ1) is 12.2. The van der Waals surface area contributed by atoms with Crippen LogP contribution in [-0.2, 0) is 0 Å². The highest BCUT2D eigenvalue weighted by Gasteiger charge is 2.32. The number of hydrogen-bond donors (Lipinski definition) is 0. The maximum Gasteiger partial charge on any atom is 0.573 e. The first-order valence-electron chi connectivity index (χ1n) is 3.50. The van der Waals surface area contributed by atoms with Gasteiger partial charge in [-0.25, -0.2) is 13.8 Å². The Morgan fingerprint density at radius 1 is 1.27 bits per heavy atom. The second kappa shape index (κ2) is 4.30. The van der Waals surface area contributed by atoms with Gasteiger partial charge in [0, 0.05) is 0 Å². The molecule has 0 saturated carbocycles. The third kappa shape index (κ3) is 3.61. The van der Waals surface area contributed by atoms with Gasteiger partial charge < -0.3 is 4.74 Å². The van der Waals surface area contributed by atoms with Crippen molar-refractivity contribution in [3.05, 3.63) is 22.4 Å². The number of nitrogens with zero attached hydrogens (tertiary/aromatic N) is 1. The number of rotatable bonds is 2. The summed E-state index contributed by atoms with van der Waals surface area (Å²) < 4.78 is 62.5. The molecule has 1 rings (SSSR count). The van der Waals surface area contributed by atoms with E-state index < -0.39 is 28.8 Å². The van der Waals surface area contributed by atoms with Gasteiger partial charge >= 0.3 is 6.36 Å². The Morgan fingerprint density at radius 2 is 1.87 bits per heavy atom. The van der Waals surface area contributed by atoms with Crippen LogP contribution < -0.4 is 4.74 Å². The average Bonchev–Trinajstić information content (AvgIpc) is 2.05. The lowest BCUT2D eigenvalue weighted by Crippen LogP contribution is -2.17. The zero-order valence-electron chi connectivity index (χ0n) is 6.86. The van der Waals surface area contributed by atoms with Crippen LogP contribution in [0, 0.1) is 0 Å². The van der Waals surface area contributed by atoms with Crippen LogP contribution in [0.5, 0.6) is 5.75 Å². The van der Waals surface area contributed by atoms with E-state index in [1.54, 1.807) is 0 Å². The van der Waals surface area contributed by atoms with Crippen LogP contribution in [0.2, 0.25) is 0 Å². The number of alkyl halides is 5. The van der Waals surface area contributed by atoms with Crippen molar-refractivity contribution in [2.45, 2.75) is 12.8 Å². The summed E-state index contributed by atoms with van der Waals surface area (Å²) in [4.78, 5) is 3.20. The zero-order chi connectivity index (χ0) is 11.6. The monoisotopic (exact) mass is 291 g/mol. The Labute approximate surface area is 89.2 Å². The predicted molar refractivity (Wildman–Crippen MR) is 43.6 cm³/mol. The van der Waals surface area contributed by atoms with Crippen molar-refractivity contribution in [2.75, 3.05) is 0 Å². The summed E-state index contributed by atoms with van der Waals surface area (Å²) in [5.41, 5.74) is -0.628. The van der Waals surface area contributed by atoms with Gasteiger partial charge in [0.1, 0.15) is 10.3 Å². The Kier molecular flexibility index (Phi) is 3.48. The van der Waals surface area contributed by atoms with E-state index in [0.717, 1.165) is 12.1 Å². The summed E-state index contributed by atoms with van der Waals surface area (Å²) in [7, 11) is 0. The Balaban J connectivity index is 2.94. The standard InChI is InChI=1S/C7H3BrF5NO/c8-5-4(15-7(11,12)13)2-1-3(14-5)6(9)10/h1-2,6H. The molecular weight excluding hydrogens is 289 g/mol. The van der Waals surface area contributed by atoms with Gasteiger partial charge in [0.25, 0.3) is 6.43 Å². The molecule has 0 amide bonds. The molecule has 0 unspecified atom stereocenters. The summed E-state index contributed by atoms with van der Waals surface area (Å²) in [6, 6.07) is 1.53.